The number of nitrogens with two attached hydrogens (primary N) is 1. The Morgan fingerprint density at radius 2 is 1.86 bits per heavy atom. The maximum absolute atomic E-state index is 14.2. The SMILES string of the molecule is CC(C)OCc1nc(O)c(S(=O)(=O)c2ccc(-c3ccc(F)cc3C(N)=O)cc2)c(=O)n1C(c1cccc(C#N)c1)C1CC1. The van der Waals surface area contributed by atoms with Crippen LogP contribution in [0.1, 0.15) is 60.0 Å². The molecule has 1 fully saturated rings. The van der Waals surface area contributed by atoms with Crippen LogP contribution in [0.5, 0.6) is 5.88 Å². The monoisotopic (exact) mass is 616 g/mol. The summed E-state index contributed by atoms with van der Waals surface area (Å²) in [5, 5.41) is 20.4. The highest BCUT2D eigenvalue weighted by Gasteiger charge is 2.39. The van der Waals surface area contributed by atoms with E-state index in [1.165, 1.54) is 34.9 Å². The summed E-state index contributed by atoms with van der Waals surface area (Å²) in [6, 6.07) is 16.9. The van der Waals surface area contributed by atoms with E-state index in [1.54, 1.807) is 38.1 Å². The van der Waals surface area contributed by atoms with Crippen molar-refractivity contribution in [1.29, 1.82) is 5.26 Å². The molecule has 4 aromatic rings. The van der Waals surface area contributed by atoms with E-state index >= 15 is 0 Å². The summed E-state index contributed by atoms with van der Waals surface area (Å²) in [5.41, 5.74) is 6.02. The van der Waals surface area contributed by atoms with Crippen LogP contribution in [0.2, 0.25) is 0 Å². The van der Waals surface area contributed by atoms with Gasteiger partial charge in [-0.15, -0.1) is 0 Å². The average molecular weight is 617 g/mol. The number of nitrogens with zero attached hydrogens (tertiary/aromatic N) is 3. The second kappa shape index (κ2) is 12.0. The van der Waals surface area contributed by atoms with Gasteiger partial charge in [0.2, 0.25) is 21.6 Å². The van der Waals surface area contributed by atoms with Crippen molar-refractivity contribution in [2.24, 2.45) is 11.7 Å². The minimum Gasteiger partial charge on any atom is -0.492 e. The van der Waals surface area contributed by atoms with Crippen molar-refractivity contribution in [3.63, 3.8) is 0 Å². The minimum atomic E-state index is -4.63. The number of nitriles is 1. The van der Waals surface area contributed by atoms with Crippen molar-refractivity contribution in [3.8, 4) is 23.1 Å². The zero-order valence-electron chi connectivity index (χ0n) is 23.9. The first kappa shape index (κ1) is 30.6. The number of hydrogen-bond acceptors (Lipinski definition) is 8. The lowest BCUT2D eigenvalue weighted by Crippen LogP contribution is -2.35. The lowest BCUT2D eigenvalue weighted by atomic mass is 9.99. The third-order valence-electron chi connectivity index (χ3n) is 7.37. The number of rotatable bonds is 10. The van der Waals surface area contributed by atoms with E-state index in [-0.39, 0.29) is 40.5 Å². The van der Waals surface area contributed by atoms with Crippen LogP contribution in [0, 0.1) is 23.1 Å². The number of carbonyl (C=O) groups is 1. The number of aromatic hydroxyl groups is 1. The van der Waals surface area contributed by atoms with E-state index in [0.717, 1.165) is 25.0 Å². The number of amides is 1. The van der Waals surface area contributed by atoms with Crippen LogP contribution >= 0.6 is 0 Å². The number of carbonyl (C=O) groups excluding carboxylic acids is 1. The molecule has 1 saturated carbocycles. The van der Waals surface area contributed by atoms with Crippen LogP contribution in [0.15, 0.2) is 81.3 Å². The fourth-order valence-corrected chi connectivity index (χ4v) is 6.50. The maximum Gasteiger partial charge on any atom is 0.277 e. The van der Waals surface area contributed by atoms with Gasteiger partial charge in [-0.2, -0.15) is 10.2 Å². The fraction of sp³-hybridized carbons (Fsp3) is 0.250. The Kier molecular flexibility index (Phi) is 8.36. The van der Waals surface area contributed by atoms with Gasteiger partial charge in [-0.05, 0) is 85.7 Å². The van der Waals surface area contributed by atoms with Gasteiger partial charge in [0, 0.05) is 5.56 Å². The van der Waals surface area contributed by atoms with Crippen molar-refractivity contribution in [1.82, 2.24) is 9.55 Å². The predicted molar refractivity (Wildman–Crippen MR) is 158 cm³/mol. The van der Waals surface area contributed by atoms with E-state index in [4.69, 9.17) is 10.5 Å². The smallest absolute Gasteiger partial charge is 0.277 e. The highest BCUT2D eigenvalue weighted by Crippen LogP contribution is 2.44. The standard InChI is InChI=1S/C32H29FN4O6S/c1-18(2)43-17-27-36-31(39)29(32(40)37(27)28(21-6-7-21)22-5-3-4-19(14-22)16-34)44(41,42)24-11-8-20(9-12-24)25-13-10-23(33)15-26(25)30(35)38/h3-5,8-15,18,21,28,39H,6-7,17H2,1-2H3,(H2,35,38). The molecule has 1 aliphatic carbocycles. The Balaban J connectivity index is 1.65. The minimum absolute atomic E-state index is 0.0317. The molecule has 0 aliphatic heterocycles. The Labute approximate surface area is 253 Å². The molecule has 1 heterocycles. The second-order valence-electron chi connectivity index (χ2n) is 10.8. The number of benzene rings is 3. The number of sulfone groups is 1. The second-order valence-corrected chi connectivity index (χ2v) is 12.7. The molecule has 5 rings (SSSR count). The van der Waals surface area contributed by atoms with E-state index in [2.05, 4.69) is 11.1 Å². The van der Waals surface area contributed by atoms with E-state index < -0.39 is 43.9 Å². The first-order chi connectivity index (χ1) is 20.9. The molecule has 1 aliphatic rings. The molecule has 0 spiro atoms. The molecule has 3 N–H and O–H groups in total. The van der Waals surface area contributed by atoms with Crippen LogP contribution in [-0.4, -0.2) is 35.1 Å². The largest absolute Gasteiger partial charge is 0.492 e. The molecule has 0 saturated heterocycles. The molecule has 1 amide bonds. The number of halogens is 1. The molecular formula is C32H29FN4O6S. The van der Waals surface area contributed by atoms with E-state index in [1.807, 2.05) is 0 Å². The first-order valence-electron chi connectivity index (χ1n) is 13.8. The molecule has 1 unspecified atom stereocenters. The summed E-state index contributed by atoms with van der Waals surface area (Å²) in [4.78, 5) is 29.0. The topological polar surface area (TPSA) is 165 Å². The summed E-state index contributed by atoms with van der Waals surface area (Å²) in [6.45, 7) is 3.41. The van der Waals surface area contributed by atoms with Crippen LogP contribution in [0.4, 0.5) is 4.39 Å². The molecule has 1 aromatic heterocycles. The van der Waals surface area contributed by atoms with Crippen molar-refractivity contribution in [2.75, 3.05) is 0 Å². The van der Waals surface area contributed by atoms with Crippen LogP contribution < -0.4 is 11.3 Å². The summed E-state index contributed by atoms with van der Waals surface area (Å²) in [5.74, 6) is -2.47. The Hall–Kier alpha value is -4.86. The number of ether oxygens (including phenoxy) is 1. The van der Waals surface area contributed by atoms with Gasteiger partial charge >= 0.3 is 0 Å². The lowest BCUT2D eigenvalue weighted by molar-refractivity contribution is 0.0571. The third kappa shape index (κ3) is 5.97. The van der Waals surface area contributed by atoms with Crippen molar-refractivity contribution in [3.05, 3.63) is 105 Å². The van der Waals surface area contributed by atoms with E-state index in [0.29, 0.717) is 16.7 Å². The zero-order chi connectivity index (χ0) is 31.8. The molecule has 0 bridgehead atoms. The molecule has 3 aromatic carbocycles. The average Bonchev–Trinajstić information content (AvgIpc) is 3.83. The van der Waals surface area contributed by atoms with Gasteiger partial charge in [0.1, 0.15) is 18.2 Å². The van der Waals surface area contributed by atoms with Gasteiger partial charge in [-0.3, -0.25) is 14.2 Å². The normalized spacial score (nSPS) is 13.9. The van der Waals surface area contributed by atoms with Gasteiger partial charge in [0.05, 0.1) is 28.7 Å². The molecule has 0 radical (unpaired) electrons. The quantitative estimate of drug-likeness (QED) is 0.263. The highest BCUT2D eigenvalue weighted by atomic mass is 32.2. The summed E-state index contributed by atoms with van der Waals surface area (Å²) >= 11 is 0. The van der Waals surface area contributed by atoms with Crippen molar-refractivity contribution < 1.29 is 27.4 Å². The molecule has 12 heteroatoms. The van der Waals surface area contributed by atoms with Gasteiger partial charge in [-0.1, -0.05) is 30.3 Å². The zero-order valence-corrected chi connectivity index (χ0v) is 24.7. The van der Waals surface area contributed by atoms with E-state index in [9.17, 15) is 32.8 Å². The fourth-order valence-electron chi connectivity index (χ4n) is 5.15. The summed E-state index contributed by atoms with van der Waals surface area (Å²) in [7, 11) is -4.63. The number of hydrogen-bond donors (Lipinski definition) is 2. The van der Waals surface area contributed by atoms with Crippen LogP contribution in [-0.2, 0) is 21.2 Å². The molecular weight excluding hydrogens is 587 g/mol. The van der Waals surface area contributed by atoms with Crippen LogP contribution in [0.25, 0.3) is 11.1 Å². The van der Waals surface area contributed by atoms with Gasteiger partial charge in [-0.25, -0.2) is 12.8 Å². The summed E-state index contributed by atoms with van der Waals surface area (Å²) in [6.07, 6.45) is 1.28. The molecule has 1 atom stereocenters. The Morgan fingerprint density at radius 3 is 2.48 bits per heavy atom. The number of primary amides is 1. The Morgan fingerprint density at radius 1 is 1.16 bits per heavy atom. The Bertz CT molecular complexity index is 1960. The number of aromatic nitrogens is 2. The lowest BCUT2D eigenvalue weighted by Gasteiger charge is -2.25. The molecule has 44 heavy (non-hydrogen) atoms. The molecule has 10 nitrogen and oxygen atoms in total. The van der Waals surface area contributed by atoms with Crippen molar-refractivity contribution in [2.45, 2.75) is 55.2 Å². The van der Waals surface area contributed by atoms with Crippen molar-refractivity contribution >= 4 is 15.7 Å². The van der Waals surface area contributed by atoms with Crippen LogP contribution in [0.3, 0.4) is 0 Å². The highest BCUT2D eigenvalue weighted by molar-refractivity contribution is 7.91. The van der Waals surface area contributed by atoms with Gasteiger partial charge in [0.15, 0.2) is 4.90 Å². The van der Waals surface area contributed by atoms with Gasteiger partial charge < -0.3 is 15.6 Å². The predicted octanol–water partition coefficient (Wildman–Crippen LogP) is 4.48. The van der Waals surface area contributed by atoms with Gasteiger partial charge in [0.25, 0.3) is 5.56 Å². The first-order valence-corrected chi connectivity index (χ1v) is 15.3. The summed E-state index contributed by atoms with van der Waals surface area (Å²) < 4.78 is 48.5. The third-order valence-corrected chi connectivity index (χ3v) is 9.16. The molecule has 226 valence electrons. The maximum atomic E-state index is 14.2.